The van der Waals surface area contributed by atoms with Crippen molar-refractivity contribution in [3.63, 3.8) is 0 Å². The van der Waals surface area contributed by atoms with Crippen molar-refractivity contribution in [1.82, 2.24) is 0 Å². The number of fused-ring (bicyclic) bond motifs is 2. The number of carbonyl (C=O) groups excluding carboxylic acids is 2. The molecule has 1 saturated carbocycles. The molecular weight excluding hydrogens is 356 g/mol. The Balaban J connectivity index is 1.68. The van der Waals surface area contributed by atoms with Crippen molar-refractivity contribution < 1.29 is 19.1 Å². The van der Waals surface area contributed by atoms with E-state index in [0.29, 0.717) is 12.3 Å². The third-order valence-corrected chi connectivity index (χ3v) is 4.95. The molecule has 0 radical (unpaired) electrons. The number of para-hydroxylation sites is 1. The van der Waals surface area contributed by atoms with Crippen molar-refractivity contribution in [1.29, 1.82) is 0 Å². The molecule has 6 nitrogen and oxygen atoms in total. The van der Waals surface area contributed by atoms with E-state index in [-0.39, 0.29) is 18.6 Å². The van der Waals surface area contributed by atoms with Crippen LogP contribution in [0.2, 0.25) is 0 Å². The van der Waals surface area contributed by atoms with Gasteiger partial charge in [0, 0.05) is 12.3 Å². The maximum Gasteiger partial charge on any atom is 0.411 e. The van der Waals surface area contributed by atoms with Crippen molar-refractivity contribution in [2.45, 2.75) is 38.7 Å². The highest BCUT2D eigenvalue weighted by molar-refractivity contribution is 6.03. The summed E-state index contributed by atoms with van der Waals surface area (Å²) in [5, 5.41) is 2.78. The predicted molar refractivity (Wildman–Crippen MR) is 107 cm³/mol. The fraction of sp³-hybridized carbons (Fsp3) is 0.364. The number of hydrogen-bond acceptors (Lipinski definition) is 4. The summed E-state index contributed by atoms with van der Waals surface area (Å²) in [6.45, 7) is 2.35. The minimum Gasteiger partial charge on any atom is -0.446 e. The standard InChI is InChI=1S/C22H24N2O4/c1-2-27-14-21(25)24-19-6-4-3-5-15(19)7-8-16-9-10-17(13-20(16)24)23-22(26)28-18-11-12-18/h3-6,9-10,13,18H,2,7-8,11-12,14H2,1H3,(H,23,26). The van der Waals surface area contributed by atoms with Crippen LogP contribution in [0.25, 0.3) is 0 Å². The van der Waals surface area contributed by atoms with Gasteiger partial charge in [-0.15, -0.1) is 0 Å². The highest BCUT2D eigenvalue weighted by Crippen LogP contribution is 2.37. The van der Waals surface area contributed by atoms with Crippen LogP contribution in [0, 0.1) is 0 Å². The lowest BCUT2D eigenvalue weighted by Crippen LogP contribution is -2.30. The zero-order valence-corrected chi connectivity index (χ0v) is 15.9. The van der Waals surface area contributed by atoms with E-state index in [4.69, 9.17) is 9.47 Å². The molecule has 0 atom stereocenters. The maximum atomic E-state index is 13.0. The summed E-state index contributed by atoms with van der Waals surface area (Å²) in [7, 11) is 0. The summed E-state index contributed by atoms with van der Waals surface area (Å²) in [6, 6.07) is 13.6. The lowest BCUT2D eigenvalue weighted by atomic mass is 10.0. The fourth-order valence-electron chi connectivity index (χ4n) is 3.41. The smallest absolute Gasteiger partial charge is 0.411 e. The van der Waals surface area contributed by atoms with Crippen LogP contribution in [0.15, 0.2) is 42.5 Å². The topological polar surface area (TPSA) is 67.9 Å². The van der Waals surface area contributed by atoms with Crippen LogP contribution in [0.4, 0.5) is 21.9 Å². The number of anilines is 3. The monoisotopic (exact) mass is 380 g/mol. The summed E-state index contributed by atoms with van der Waals surface area (Å²) < 4.78 is 10.7. The molecule has 1 aliphatic carbocycles. The molecule has 2 amide bonds. The first-order chi connectivity index (χ1) is 13.7. The quantitative estimate of drug-likeness (QED) is 0.844. The van der Waals surface area contributed by atoms with Gasteiger partial charge in [-0.25, -0.2) is 4.79 Å². The Labute approximate surface area is 164 Å². The van der Waals surface area contributed by atoms with Gasteiger partial charge in [0.15, 0.2) is 0 Å². The van der Waals surface area contributed by atoms with Crippen molar-refractivity contribution in [2.75, 3.05) is 23.4 Å². The first kappa shape index (κ1) is 18.5. The minimum absolute atomic E-state index is 0.00561. The van der Waals surface area contributed by atoms with E-state index in [2.05, 4.69) is 5.32 Å². The first-order valence-electron chi connectivity index (χ1n) is 9.75. The second-order valence-electron chi connectivity index (χ2n) is 7.07. The van der Waals surface area contributed by atoms with Crippen LogP contribution < -0.4 is 10.2 Å². The van der Waals surface area contributed by atoms with Gasteiger partial charge in [0.2, 0.25) is 0 Å². The molecule has 2 aromatic rings. The molecule has 1 N–H and O–H groups in total. The Morgan fingerprint density at radius 1 is 1.07 bits per heavy atom. The molecule has 2 aliphatic rings. The molecule has 0 aromatic heterocycles. The Bertz CT molecular complexity index is 892. The van der Waals surface area contributed by atoms with Crippen molar-refractivity contribution in [3.05, 3.63) is 53.6 Å². The largest absolute Gasteiger partial charge is 0.446 e. The number of ether oxygens (including phenoxy) is 2. The van der Waals surface area contributed by atoms with Gasteiger partial charge >= 0.3 is 6.09 Å². The predicted octanol–water partition coefficient (Wildman–Crippen LogP) is 4.20. The Hall–Kier alpha value is -2.86. The van der Waals surface area contributed by atoms with Crippen molar-refractivity contribution >= 4 is 29.1 Å². The molecule has 6 heteroatoms. The van der Waals surface area contributed by atoms with Crippen molar-refractivity contribution in [3.8, 4) is 0 Å². The van der Waals surface area contributed by atoms with Gasteiger partial charge in [-0.1, -0.05) is 24.3 Å². The number of aryl methyl sites for hydroxylation is 2. The van der Waals surface area contributed by atoms with Crippen LogP contribution in [0.3, 0.4) is 0 Å². The summed E-state index contributed by atoms with van der Waals surface area (Å²) in [5.41, 5.74) is 4.42. The highest BCUT2D eigenvalue weighted by atomic mass is 16.6. The number of benzene rings is 2. The summed E-state index contributed by atoms with van der Waals surface area (Å²) in [5.74, 6) is -0.129. The Kier molecular flexibility index (Phi) is 5.30. The van der Waals surface area contributed by atoms with Gasteiger partial charge in [0.25, 0.3) is 5.91 Å². The Morgan fingerprint density at radius 3 is 2.57 bits per heavy atom. The van der Waals surface area contributed by atoms with Crippen LogP contribution in [-0.4, -0.2) is 31.3 Å². The van der Waals surface area contributed by atoms with E-state index in [9.17, 15) is 9.59 Å². The Morgan fingerprint density at radius 2 is 1.82 bits per heavy atom. The number of hydrogen-bond donors (Lipinski definition) is 1. The van der Waals surface area contributed by atoms with E-state index in [1.54, 1.807) is 4.90 Å². The molecular formula is C22H24N2O4. The molecule has 0 saturated heterocycles. The second-order valence-corrected chi connectivity index (χ2v) is 7.07. The molecule has 1 heterocycles. The summed E-state index contributed by atoms with van der Waals surface area (Å²) in [6.07, 6.45) is 3.10. The first-order valence-corrected chi connectivity index (χ1v) is 9.75. The summed E-state index contributed by atoms with van der Waals surface area (Å²) >= 11 is 0. The molecule has 1 aliphatic heterocycles. The van der Waals surface area contributed by atoms with Gasteiger partial charge in [0.05, 0.1) is 11.4 Å². The van der Waals surface area contributed by atoms with Gasteiger partial charge in [0.1, 0.15) is 12.7 Å². The molecule has 28 heavy (non-hydrogen) atoms. The lowest BCUT2D eigenvalue weighted by Gasteiger charge is -2.25. The number of nitrogens with one attached hydrogen (secondary N) is 1. The van der Waals surface area contributed by atoms with E-state index in [1.807, 2.05) is 49.4 Å². The molecule has 2 aromatic carbocycles. The average molecular weight is 380 g/mol. The number of amides is 2. The molecule has 4 rings (SSSR count). The van der Waals surface area contributed by atoms with E-state index in [0.717, 1.165) is 48.2 Å². The SMILES string of the molecule is CCOCC(=O)N1c2ccccc2CCc2ccc(NC(=O)OC3CC3)cc21. The van der Waals surface area contributed by atoms with Gasteiger partial charge in [-0.2, -0.15) is 0 Å². The minimum atomic E-state index is -0.455. The number of carbonyl (C=O) groups is 2. The van der Waals surface area contributed by atoms with Gasteiger partial charge in [-0.05, 0) is 61.9 Å². The van der Waals surface area contributed by atoms with E-state index >= 15 is 0 Å². The number of rotatable bonds is 5. The molecule has 146 valence electrons. The fourth-order valence-corrected chi connectivity index (χ4v) is 3.41. The van der Waals surface area contributed by atoms with Crippen LogP contribution in [0.5, 0.6) is 0 Å². The summed E-state index contributed by atoms with van der Waals surface area (Å²) in [4.78, 5) is 26.7. The second kappa shape index (κ2) is 8.02. The normalized spacial score (nSPS) is 15.2. The third kappa shape index (κ3) is 4.02. The zero-order valence-electron chi connectivity index (χ0n) is 15.9. The molecule has 0 unspecified atom stereocenters. The molecule has 1 fully saturated rings. The van der Waals surface area contributed by atoms with Crippen molar-refractivity contribution in [2.24, 2.45) is 0 Å². The lowest BCUT2D eigenvalue weighted by molar-refractivity contribution is -0.122. The molecule has 0 spiro atoms. The van der Waals surface area contributed by atoms with Crippen LogP contribution in [-0.2, 0) is 27.1 Å². The van der Waals surface area contributed by atoms with E-state index in [1.165, 1.54) is 0 Å². The molecule has 0 bridgehead atoms. The average Bonchev–Trinajstić information content (AvgIpc) is 3.51. The maximum absolute atomic E-state index is 13.0. The van der Waals surface area contributed by atoms with E-state index < -0.39 is 6.09 Å². The third-order valence-electron chi connectivity index (χ3n) is 4.95. The zero-order chi connectivity index (χ0) is 19.5. The number of nitrogens with zero attached hydrogens (tertiary/aromatic N) is 1. The van der Waals surface area contributed by atoms with Crippen LogP contribution in [0.1, 0.15) is 30.9 Å². The van der Waals surface area contributed by atoms with Gasteiger partial charge < -0.3 is 9.47 Å². The highest BCUT2D eigenvalue weighted by Gasteiger charge is 2.28. The van der Waals surface area contributed by atoms with Crippen LogP contribution >= 0.6 is 0 Å². The van der Waals surface area contributed by atoms with Gasteiger partial charge in [-0.3, -0.25) is 15.0 Å².